The molecular formula is C19H29NO. The maximum absolute atomic E-state index is 9.10. The zero-order valence-corrected chi connectivity index (χ0v) is 13.6. The molecular weight excluding hydrogens is 258 g/mol. The molecule has 0 heterocycles. The molecule has 0 radical (unpaired) electrons. The fourth-order valence-corrected chi connectivity index (χ4v) is 6.64. The van der Waals surface area contributed by atoms with Gasteiger partial charge < -0.3 is 5.21 Å². The molecule has 2 nitrogen and oxygen atoms in total. The molecule has 5 atom stereocenters. The summed E-state index contributed by atoms with van der Waals surface area (Å²) >= 11 is 0. The maximum Gasteiger partial charge on any atom is 0.0795 e. The Labute approximate surface area is 128 Å². The minimum atomic E-state index is 0.390. The molecule has 4 aliphatic rings. The summed E-state index contributed by atoms with van der Waals surface area (Å²) in [6.07, 6.45) is 14.3. The standard InChI is InChI=1S/C19H29NO/c1-18-9-3-4-16(18)15-6-5-13-12-14(20-21)7-11-19(13,2)17(15)8-10-18/h12,15-17,21H,3-11H2,1-2H3/t15-,16-,17-,18-,19-/m0/s1. The third-order valence-corrected chi connectivity index (χ3v) is 7.89. The lowest BCUT2D eigenvalue weighted by molar-refractivity contribution is -0.0335. The van der Waals surface area contributed by atoms with E-state index in [1.54, 1.807) is 5.57 Å². The van der Waals surface area contributed by atoms with Gasteiger partial charge in [0.15, 0.2) is 0 Å². The van der Waals surface area contributed by atoms with Crippen molar-refractivity contribution in [1.82, 2.24) is 0 Å². The highest BCUT2D eigenvalue weighted by molar-refractivity contribution is 5.96. The Morgan fingerprint density at radius 2 is 1.90 bits per heavy atom. The van der Waals surface area contributed by atoms with Crippen LogP contribution in [-0.2, 0) is 0 Å². The topological polar surface area (TPSA) is 32.6 Å². The molecule has 0 aromatic carbocycles. The second-order valence-corrected chi connectivity index (χ2v) is 8.68. The zero-order chi connectivity index (χ0) is 14.7. The van der Waals surface area contributed by atoms with Crippen LogP contribution in [0.3, 0.4) is 0 Å². The fourth-order valence-electron chi connectivity index (χ4n) is 6.64. The molecule has 0 aliphatic heterocycles. The molecule has 21 heavy (non-hydrogen) atoms. The van der Waals surface area contributed by atoms with E-state index in [-0.39, 0.29) is 0 Å². The van der Waals surface area contributed by atoms with Crippen LogP contribution in [0.15, 0.2) is 16.8 Å². The van der Waals surface area contributed by atoms with Gasteiger partial charge in [-0.1, -0.05) is 31.0 Å². The highest BCUT2D eigenvalue weighted by Gasteiger charge is 2.55. The van der Waals surface area contributed by atoms with Gasteiger partial charge in [-0.3, -0.25) is 0 Å². The normalized spacial score (nSPS) is 51.0. The second kappa shape index (κ2) is 4.60. The molecule has 0 aromatic heterocycles. The van der Waals surface area contributed by atoms with Gasteiger partial charge in [0, 0.05) is 0 Å². The Balaban J connectivity index is 1.68. The summed E-state index contributed by atoms with van der Waals surface area (Å²) in [5.41, 5.74) is 3.54. The van der Waals surface area contributed by atoms with Crippen LogP contribution in [0.2, 0.25) is 0 Å². The Kier molecular flexibility index (Phi) is 3.03. The molecule has 4 rings (SSSR count). The van der Waals surface area contributed by atoms with E-state index in [9.17, 15) is 0 Å². The van der Waals surface area contributed by atoms with Crippen LogP contribution < -0.4 is 0 Å². The molecule has 116 valence electrons. The van der Waals surface area contributed by atoms with Gasteiger partial charge in [-0.15, -0.1) is 0 Å². The Morgan fingerprint density at radius 1 is 1.05 bits per heavy atom. The first kappa shape index (κ1) is 13.8. The summed E-state index contributed by atoms with van der Waals surface area (Å²) in [5.74, 6) is 2.83. The number of fused-ring (bicyclic) bond motifs is 5. The first-order valence-corrected chi connectivity index (χ1v) is 8.99. The minimum absolute atomic E-state index is 0.390. The third kappa shape index (κ3) is 1.87. The van der Waals surface area contributed by atoms with E-state index in [0.717, 1.165) is 29.9 Å². The number of oxime groups is 1. The monoisotopic (exact) mass is 287 g/mol. The Morgan fingerprint density at radius 3 is 2.71 bits per heavy atom. The van der Waals surface area contributed by atoms with Crippen molar-refractivity contribution < 1.29 is 5.21 Å². The smallest absolute Gasteiger partial charge is 0.0795 e. The van der Waals surface area contributed by atoms with Crippen molar-refractivity contribution in [2.45, 2.75) is 71.6 Å². The number of rotatable bonds is 0. The summed E-state index contributed by atoms with van der Waals surface area (Å²) in [4.78, 5) is 0. The predicted molar refractivity (Wildman–Crippen MR) is 85.5 cm³/mol. The highest BCUT2D eigenvalue weighted by Crippen LogP contribution is 2.65. The molecule has 3 saturated carbocycles. The van der Waals surface area contributed by atoms with Crippen LogP contribution in [0.5, 0.6) is 0 Å². The zero-order valence-electron chi connectivity index (χ0n) is 13.6. The van der Waals surface area contributed by atoms with Gasteiger partial charge in [-0.25, -0.2) is 0 Å². The molecule has 0 saturated heterocycles. The molecule has 0 bridgehead atoms. The third-order valence-electron chi connectivity index (χ3n) is 7.89. The lowest BCUT2D eigenvalue weighted by atomic mass is 9.47. The Bertz CT molecular complexity index is 508. The lowest BCUT2D eigenvalue weighted by Gasteiger charge is -2.57. The molecule has 0 amide bonds. The van der Waals surface area contributed by atoms with E-state index in [0.29, 0.717) is 10.8 Å². The van der Waals surface area contributed by atoms with Gasteiger partial charge in [-0.05, 0) is 86.0 Å². The largest absolute Gasteiger partial charge is 0.411 e. The first-order valence-electron chi connectivity index (χ1n) is 8.99. The summed E-state index contributed by atoms with van der Waals surface area (Å²) in [7, 11) is 0. The molecule has 1 N–H and O–H groups in total. The Hall–Kier alpha value is -0.790. The van der Waals surface area contributed by atoms with E-state index in [1.807, 2.05) is 0 Å². The molecule has 4 aliphatic carbocycles. The maximum atomic E-state index is 9.10. The average molecular weight is 287 g/mol. The van der Waals surface area contributed by atoms with Crippen LogP contribution in [-0.4, -0.2) is 10.9 Å². The lowest BCUT2D eigenvalue weighted by Crippen LogP contribution is -2.49. The summed E-state index contributed by atoms with van der Waals surface area (Å²) < 4.78 is 0. The fraction of sp³-hybridized carbons (Fsp3) is 0.842. The van der Waals surface area contributed by atoms with Crippen LogP contribution in [0.4, 0.5) is 0 Å². The minimum Gasteiger partial charge on any atom is -0.411 e. The van der Waals surface area contributed by atoms with Crippen molar-refractivity contribution in [3.05, 3.63) is 11.6 Å². The second-order valence-electron chi connectivity index (χ2n) is 8.68. The summed E-state index contributed by atoms with van der Waals surface area (Å²) in [5, 5.41) is 12.6. The van der Waals surface area contributed by atoms with Crippen LogP contribution in [0, 0.1) is 28.6 Å². The molecule has 0 spiro atoms. The highest BCUT2D eigenvalue weighted by atomic mass is 16.4. The van der Waals surface area contributed by atoms with Crippen molar-refractivity contribution in [3.8, 4) is 0 Å². The predicted octanol–water partition coefficient (Wildman–Crippen LogP) is 5.17. The van der Waals surface area contributed by atoms with Crippen LogP contribution in [0.1, 0.15) is 71.6 Å². The number of hydrogen-bond acceptors (Lipinski definition) is 2. The first-order chi connectivity index (χ1) is 10.1. The van der Waals surface area contributed by atoms with E-state index >= 15 is 0 Å². The van der Waals surface area contributed by atoms with Gasteiger partial charge in [0.2, 0.25) is 0 Å². The van der Waals surface area contributed by atoms with Gasteiger partial charge in [-0.2, -0.15) is 0 Å². The van der Waals surface area contributed by atoms with Crippen LogP contribution >= 0.6 is 0 Å². The number of hydrogen-bond donors (Lipinski definition) is 1. The van der Waals surface area contributed by atoms with E-state index in [1.165, 1.54) is 51.4 Å². The van der Waals surface area contributed by atoms with Crippen molar-refractivity contribution in [2.75, 3.05) is 0 Å². The van der Waals surface area contributed by atoms with Crippen molar-refractivity contribution in [1.29, 1.82) is 0 Å². The van der Waals surface area contributed by atoms with E-state index in [4.69, 9.17) is 5.21 Å². The van der Waals surface area contributed by atoms with Gasteiger partial charge >= 0.3 is 0 Å². The molecule has 3 fully saturated rings. The van der Waals surface area contributed by atoms with Crippen LogP contribution in [0.25, 0.3) is 0 Å². The van der Waals surface area contributed by atoms with E-state index in [2.05, 4.69) is 25.1 Å². The van der Waals surface area contributed by atoms with E-state index < -0.39 is 0 Å². The van der Waals surface area contributed by atoms with Gasteiger partial charge in [0.05, 0.1) is 5.71 Å². The summed E-state index contributed by atoms with van der Waals surface area (Å²) in [6.45, 7) is 5.09. The molecule has 0 aromatic rings. The quantitative estimate of drug-likeness (QED) is 0.484. The molecule has 0 unspecified atom stereocenters. The van der Waals surface area contributed by atoms with Crippen molar-refractivity contribution in [2.24, 2.45) is 33.7 Å². The molecule has 2 heteroatoms. The number of allylic oxidation sites excluding steroid dienone is 2. The average Bonchev–Trinajstić information content (AvgIpc) is 2.88. The van der Waals surface area contributed by atoms with Gasteiger partial charge in [0.1, 0.15) is 0 Å². The number of nitrogens with zero attached hydrogens (tertiary/aromatic N) is 1. The SMILES string of the molecule is C[C@@]12CCC[C@H]1[C@@H]1CCC3=CC(=NO)CC[C@]3(C)[C@H]1CC2. The van der Waals surface area contributed by atoms with Gasteiger partial charge in [0.25, 0.3) is 0 Å². The van der Waals surface area contributed by atoms with Crippen molar-refractivity contribution in [3.63, 3.8) is 0 Å². The van der Waals surface area contributed by atoms with Crippen molar-refractivity contribution >= 4 is 5.71 Å². The summed E-state index contributed by atoms with van der Waals surface area (Å²) in [6, 6.07) is 0.